The van der Waals surface area contributed by atoms with E-state index in [2.05, 4.69) is 25.4 Å². The molecule has 0 aliphatic heterocycles. The van der Waals surface area contributed by atoms with Gasteiger partial charge in [-0.3, -0.25) is 9.36 Å². The topological polar surface area (TPSA) is 125 Å². The predicted octanol–water partition coefficient (Wildman–Crippen LogP) is 4.80. The van der Waals surface area contributed by atoms with E-state index in [-0.39, 0.29) is 23.3 Å². The zero-order valence-corrected chi connectivity index (χ0v) is 19.8. The lowest BCUT2D eigenvalue weighted by molar-refractivity contribution is 0.423. The van der Waals surface area contributed by atoms with E-state index in [1.807, 2.05) is 62.4 Å². The number of fused-ring (bicyclic) bond motifs is 1. The molecule has 3 aromatic heterocycles. The highest BCUT2D eigenvalue weighted by atomic mass is 35.5. The minimum absolute atomic E-state index is 0.201. The number of pyridine rings is 1. The summed E-state index contributed by atoms with van der Waals surface area (Å²) < 4.78 is 7.05. The molecule has 5 aromatic rings. The number of aryl methyl sites for hydroxylation is 1. The third-order valence-electron chi connectivity index (χ3n) is 5.71. The van der Waals surface area contributed by atoms with Crippen molar-refractivity contribution < 1.29 is 4.52 Å². The molecule has 5 rings (SSSR count). The molecule has 3 N–H and O–H groups in total. The van der Waals surface area contributed by atoms with Crippen LogP contribution in [0.5, 0.6) is 0 Å². The van der Waals surface area contributed by atoms with Gasteiger partial charge in [0.2, 0.25) is 0 Å². The van der Waals surface area contributed by atoms with Gasteiger partial charge in [0, 0.05) is 17.8 Å². The molecule has 0 saturated carbocycles. The Bertz CT molecular complexity index is 1580. The maximum absolute atomic E-state index is 13.7. The van der Waals surface area contributed by atoms with Gasteiger partial charge in [0.05, 0.1) is 16.5 Å². The lowest BCUT2D eigenvalue weighted by Gasteiger charge is -2.22. The van der Waals surface area contributed by atoms with E-state index in [0.29, 0.717) is 39.7 Å². The first-order valence-electron chi connectivity index (χ1n) is 11.1. The molecule has 1 atom stereocenters. The molecule has 35 heavy (non-hydrogen) atoms. The number of nitrogen functional groups attached to an aromatic ring is 1. The minimum Gasteiger partial charge on any atom is -0.383 e. The highest BCUT2D eigenvalue weighted by Gasteiger charge is 2.22. The van der Waals surface area contributed by atoms with Crippen LogP contribution in [-0.2, 0) is 6.42 Å². The Balaban J connectivity index is 1.66. The minimum atomic E-state index is -0.382. The van der Waals surface area contributed by atoms with Crippen LogP contribution in [0.4, 0.5) is 11.6 Å². The molecule has 0 aliphatic rings. The van der Waals surface area contributed by atoms with Gasteiger partial charge in [0.1, 0.15) is 23.5 Å². The number of aromatic nitrogens is 5. The Kier molecular flexibility index (Phi) is 5.92. The summed E-state index contributed by atoms with van der Waals surface area (Å²) in [7, 11) is 0. The lowest BCUT2D eigenvalue weighted by atomic mass is 10.1. The van der Waals surface area contributed by atoms with Crippen LogP contribution in [0.25, 0.3) is 27.9 Å². The summed E-state index contributed by atoms with van der Waals surface area (Å²) in [5, 5.41) is 8.91. The number of anilines is 2. The van der Waals surface area contributed by atoms with E-state index in [1.54, 1.807) is 10.6 Å². The number of halogens is 1. The number of benzene rings is 2. The van der Waals surface area contributed by atoms with Gasteiger partial charge in [-0.2, -0.15) is 4.98 Å². The third kappa shape index (κ3) is 4.10. The van der Waals surface area contributed by atoms with Crippen molar-refractivity contribution in [1.29, 1.82) is 0 Å². The van der Waals surface area contributed by atoms with Crippen LogP contribution >= 0.6 is 11.6 Å². The average molecular weight is 488 g/mol. The molecule has 3 heterocycles. The van der Waals surface area contributed by atoms with Crippen LogP contribution in [0.15, 0.2) is 70.2 Å². The maximum atomic E-state index is 13.7. The van der Waals surface area contributed by atoms with E-state index in [4.69, 9.17) is 21.9 Å². The molecule has 0 saturated heterocycles. The second kappa shape index (κ2) is 9.19. The molecule has 0 aliphatic carbocycles. The van der Waals surface area contributed by atoms with Crippen LogP contribution in [0.1, 0.15) is 31.4 Å². The van der Waals surface area contributed by atoms with E-state index < -0.39 is 0 Å². The first-order valence-corrected chi connectivity index (χ1v) is 11.4. The zero-order chi connectivity index (χ0) is 24.5. The summed E-state index contributed by atoms with van der Waals surface area (Å²) in [6.45, 7) is 3.85. The Morgan fingerprint density at radius 3 is 2.69 bits per heavy atom. The molecule has 10 heteroatoms. The lowest BCUT2D eigenvalue weighted by Crippen LogP contribution is -2.26. The van der Waals surface area contributed by atoms with Crippen LogP contribution in [0.2, 0.25) is 5.02 Å². The molecular weight excluding hydrogens is 466 g/mol. The summed E-state index contributed by atoms with van der Waals surface area (Å²) >= 11 is 6.42. The standard InChI is InChI=1S/C25H22ClN7O2/c1-3-19-31-24(35-32-19)21-22(27)28-13-29-23(21)30-14(2)18-12-15-8-7-11-17(26)20(15)25(34)33(18)16-9-5-4-6-10-16/h4-14H,3H2,1-2H3,(H3,27,28,29,30)/t14-/m0/s1. The Labute approximate surface area is 205 Å². The van der Waals surface area contributed by atoms with Crippen molar-refractivity contribution in [1.82, 2.24) is 24.7 Å². The van der Waals surface area contributed by atoms with Crippen molar-refractivity contribution in [2.24, 2.45) is 0 Å². The van der Waals surface area contributed by atoms with Gasteiger partial charge in [-0.25, -0.2) is 9.97 Å². The molecule has 0 bridgehead atoms. The Morgan fingerprint density at radius 1 is 1.14 bits per heavy atom. The first kappa shape index (κ1) is 22.5. The number of rotatable bonds is 6. The molecule has 0 spiro atoms. The molecule has 0 radical (unpaired) electrons. The molecular formula is C25H22ClN7O2. The number of nitrogens with two attached hydrogens (primary N) is 1. The van der Waals surface area contributed by atoms with Crippen LogP contribution in [0, 0.1) is 0 Å². The first-order chi connectivity index (χ1) is 17.0. The van der Waals surface area contributed by atoms with E-state index >= 15 is 0 Å². The van der Waals surface area contributed by atoms with Gasteiger partial charge < -0.3 is 15.6 Å². The smallest absolute Gasteiger partial charge is 0.265 e. The maximum Gasteiger partial charge on any atom is 0.265 e. The van der Waals surface area contributed by atoms with Crippen LogP contribution < -0.4 is 16.6 Å². The van der Waals surface area contributed by atoms with Gasteiger partial charge in [0.15, 0.2) is 5.82 Å². The molecule has 0 fully saturated rings. The number of hydrogen-bond donors (Lipinski definition) is 2. The largest absolute Gasteiger partial charge is 0.383 e. The fourth-order valence-corrected chi connectivity index (χ4v) is 4.26. The average Bonchev–Trinajstić information content (AvgIpc) is 3.33. The van der Waals surface area contributed by atoms with Crippen molar-refractivity contribution in [3.05, 3.63) is 87.8 Å². The van der Waals surface area contributed by atoms with Crippen molar-refractivity contribution in [3.8, 4) is 17.1 Å². The van der Waals surface area contributed by atoms with Gasteiger partial charge in [-0.05, 0) is 36.6 Å². The number of hydrogen-bond acceptors (Lipinski definition) is 8. The SMILES string of the molecule is CCc1noc(-c2c(N)ncnc2N[C@@H](C)c2cc3cccc(Cl)c3c(=O)n2-c2ccccc2)n1. The predicted molar refractivity (Wildman–Crippen MR) is 136 cm³/mol. The van der Waals surface area contributed by atoms with E-state index in [1.165, 1.54) is 6.33 Å². The van der Waals surface area contributed by atoms with Crippen molar-refractivity contribution in [3.63, 3.8) is 0 Å². The fraction of sp³-hybridized carbons (Fsp3) is 0.160. The second-order valence-electron chi connectivity index (χ2n) is 7.97. The van der Waals surface area contributed by atoms with Gasteiger partial charge in [-0.1, -0.05) is 54.0 Å². The van der Waals surface area contributed by atoms with Gasteiger partial charge in [-0.15, -0.1) is 0 Å². The summed E-state index contributed by atoms with van der Waals surface area (Å²) in [5.41, 5.74) is 7.78. The Morgan fingerprint density at radius 2 is 1.94 bits per heavy atom. The highest BCUT2D eigenvalue weighted by Crippen LogP contribution is 2.33. The Hall–Kier alpha value is -4.24. The zero-order valence-electron chi connectivity index (χ0n) is 19.1. The molecule has 2 aromatic carbocycles. The summed E-state index contributed by atoms with van der Waals surface area (Å²) in [6.07, 6.45) is 1.97. The van der Waals surface area contributed by atoms with Gasteiger partial charge >= 0.3 is 0 Å². The quantitative estimate of drug-likeness (QED) is 0.350. The van der Waals surface area contributed by atoms with Crippen LogP contribution in [0.3, 0.4) is 0 Å². The van der Waals surface area contributed by atoms with E-state index in [9.17, 15) is 4.79 Å². The van der Waals surface area contributed by atoms with E-state index in [0.717, 1.165) is 11.1 Å². The van der Waals surface area contributed by atoms with Crippen LogP contribution in [-0.4, -0.2) is 24.7 Å². The number of nitrogens with zero attached hydrogens (tertiary/aromatic N) is 5. The molecule has 0 unspecified atom stereocenters. The monoisotopic (exact) mass is 487 g/mol. The normalized spacial score (nSPS) is 12.1. The van der Waals surface area contributed by atoms with Crippen molar-refractivity contribution in [2.75, 3.05) is 11.1 Å². The number of nitrogens with one attached hydrogen (secondary N) is 1. The van der Waals surface area contributed by atoms with Crippen molar-refractivity contribution >= 4 is 34.0 Å². The fourth-order valence-electron chi connectivity index (χ4n) is 4.00. The second-order valence-corrected chi connectivity index (χ2v) is 8.37. The number of para-hydroxylation sites is 1. The van der Waals surface area contributed by atoms with Crippen molar-refractivity contribution in [2.45, 2.75) is 26.3 Å². The molecule has 0 amide bonds. The summed E-state index contributed by atoms with van der Waals surface area (Å²) in [6, 6.07) is 16.4. The molecule has 9 nitrogen and oxygen atoms in total. The highest BCUT2D eigenvalue weighted by molar-refractivity contribution is 6.35. The van der Waals surface area contributed by atoms with Gasteiger partial charge in [0.25, 0.3) is 11.4 Å². The molecule has 176 valence electrons. The third-order valence-corrected chi connectivity index (χ3v) is 6.03. The summed E-state index contributed by atoms with van der Waals surface area (Å²) in [5.74, 6) is 1.38. The summed E-state index contributed by atoms with van der Waals surface area (Å²) in [4.78, 5) is 26.5.